The van der Waals surface area contributed by atoms with Crippen molar-refractivity contribution in [3.05, 3.63) is 0 Å². The largest absolute Gasteiger partial charge is 0.388 e. The number of fused-ring (bicyclic) bond motifs is 1. The van der Waals surface area contributed by atoms with Gasteiger partial charge in [-0.25, -0.2) is 0 Å². The molecule has 14 heavy (non-hydrogen) atoms. The van der Waals surface area contributed by atoms with Crippen LogP contribution < -0.4 is 0 Å². The standard InChI is InChI=1S/C10H16O4/c11-7-6-12-9-8(7)13-10(14-9)4-2-1-3-5-10/h7-9,11H,1-6H2. The van der Waals surface area contributed by atoms with Gasteiger partial charge in [0.05, 0.1) is 6.61 Å². The first-order chi connectivity index (χ1) is 6.79. The average molecular weight is 200 g/mol. The summed E-state index contributed by atoms with van der Waals surface area (Å²) in [6, 6.07) is 0. The van der Waals surface area contributed by atoms with Gasteiger partial charge in [0.15, 0.2) is 12.1 Å². The maximum absolute atomic E-state index is 9.58. The maximum atomic E-state index is 9.58. The molecule has 1 saturated carbocycles. The lowest BCUT2D eigenvalue weighted by atomic mass is 9.94. The van der Waals surface area contributed by atoms with E-state index in [0.29, 0.717) is 6.61 Å². The van der Waals surface area contributed by atoms with Gasteiger partial charge in [-0.2, -0.15) is 0 Å². The van der Waals surface area contributed by atoms with Crippen LogP contribution in [-0.4, -0.2) is 36.0 Å². The van der Waals surface area contributed by atoms with E-state index < -0.39 is 11.9 Å². The maximum Gasteiger partial charge on any atom is 0.189 e. The van der Waals surface area contributed by atoms with Crippen LogP contribution in [0.3, 0.4) is 0 Å². The Morgan fingerprint density at radius 3 is 2.57 bits per heavy atom. The molecule has 2 saturated heterocycles. The zero-order valence-electron chi connectivity index (χ0n) is 8.15. The number of hydrogen-bond donors (Lipinski definition) is 1. The highest BCUT2D eigenvalue weighted by molar-refractivity contribution is 4.91. The Labute approximate surface area is 83.1 Å². The molecular formula is C10H16O4. The number of rotatable bonds is 0. The number of aliphatic hydroxyl groups is 1. The molecule has 80 valence electrons. The van der Waals surface area contributed by atoms with Gasteiger partial charge >= 0.3 is 0 Å². The zero-order chi connectivity index (χ0) is 9.60. The third-order valence-electron chi connectivity index (χ3n) is 3.38. The summed E-state index contributed by atoms with van der Waals surface area (Å²) in [6.45, 7) is 0.339. The van der Waals surface area contributed by atoms with Crippen LogP contribution in [0.4, 0.5) is 0 Å². The van der Waals surface area contributed by atoms with Gasteiger partial charge in [0.1, 0.15) is 12.2 Å². The van der Waals surface area contributed by atoms with Gasteiger partial charge in [0, 0.05) is 12.8 Å². The van der Waals surface area contributed by atoms with Crippen LogP contribution in [0, 0.1) is 0 Å². The van der Waals surface area contributed by atoms with Crippen molar-refractivity contribution in [1.29, 1.82) is 0 Å². The smallest absolute Gasteiger partial charge is 0.189 e. The lowest BCUT2D eigenvalue weighted by molar-refractivity contribution is -0.235. The highest BCUT2D eigenvalue weighted by Gasteiger charge is 2.54. The molecule has 0 aromatic carbocycles. The fourth-order valence-electron chi connectivity index (χ4n) is 2.61. The van der Waals surface area contributed by atoms with Crippen molar-refractivity contribution in [2.75, 3.05) is 6.61 Å². The highest BCUT2D eigenvalue weighted by atomic mass is 16.8. The van der Waals surface area contributed by atoms with E-state index in [1.807, 2.05) is 0 Å². The van der Waals surface area contributed by atoms with Crippen LogP contribution in [0.15, 0.2) is 0 Å². The monoisotopic (exact) mass is 200 g/mol. The molecule has 1 N–H and O–H groups in total. The molecule has 2 aliphatic heterocycles. The fraction of sp³-hybridized carbons (Fsp3) is 1.00. The Kier molecular flexibility index (Phi) is 2.06. The minimum absolute atomic E-state index is 0.256. The van der Waals surface area contributed by atoms with Crippen LogP contribution in [0.1, 0.15) is 32.1 Å². The van der Waals surface area contributed by atoms with E-state index in [-0.39, 0.29) is 12.4 Å². The van der Waals surface area contributed by atoms with Gasteiger partial charge in [-0.3, -0.25) is 0 Å². The molecule has 1 aliphatic carbocycles. The van der Waals surface area contributed by atoms with E-state index in [1.165, 1.54) is 6.42 Å². The number of aliphatic hydroxyl groups excluding tert-OH is 1. The quantitative estimate of drug-likeness (QED) is 0.627. The summed E-state index contributed by atoms with van der Waals surface area (Å²) in [7, 11) is 0. The van der Waals surface area contributed by atoms with Crippen LogP contribution in [0.25, 0.3) is 0 Å². The summed E-state index contributed by atoms with van der Waals surface area (Å²) in [5.74, 6) is -0.436. The van der Waals surface area contributed by atoms with E-state index in [2.05, 4.69) is 0 Å². The molecule has 0 radical (unpaired) electrons. The number of hydrogen-bond acceptors (Lipinski definition) is 4. The summed E-state index contributed by atoms with van der Waals surface area (Å²) in [4.78, 5) is 0. The molecule has 0 bridgehead atoms. The molecule has 3 rings (SSSR count). The fourth-order valence-corrected chi connectivity index (χ4v) is 2.61. The molecule has 0 aromatic rings. The third kappa shape index (κ3) is 1.29. The van der Waals surface area contributed by atoms with E-state index in [0.717, 1.165) is 25.7 Å². The van der Waals surface area contributed by atoms with Crippen molar-refractivity contribution in [1.82, 2.24) is 0 Å². The summed E-state index contributed by atoms with van der Waals surface area (Å²) < 4.78 is 16.9. The third-order valence-corrected chi connectivity index (χ3v) is 3.38. The van der Waals surface area contributed by atoms with Crippen molar-refractivity contribution in [3.63, 3.8) is 0 Å². The Morgan fingerprint density at radius 2 is 1.86 bits per heavy atom. The average Bonchev–Trinajstić information content (AvgIpc) is 2.68. The van der Waals surface area contributed by atoms with Crippen molar-refractivity contribution < 1.29 is 19.3 Å². The molecule has 3 unspecified atom stereocenters. The van der Waals surface area contributed by atoms with Crippen LogP contribution in [0.5, 0.6) is 0 Å². The van der Waals surface area contributed by atoms with Crippen LogP contribution in [0.2, 0.25) is 0 Å². The normalized spacial score (nSPS) is 45.6. The first-order valence-corrected chi connectivity index (χ1v) is 5.44. The van der Waals surface area contributed by atoms with Gasteiger partial charge in [0.2, 0.25) is 0 Å². The Morgan fingerprint density at radius 1 is 1.07 bits per heavy atom. The zero-order valence-corrected chi connectivity index (χ0v) is 8.15. The molecule has 3 fully saturated rings. The molecule has 4 nitrogen and oxygen atoms in total. The molecular weight excluding hydrogens is 184 g/mol. The van der Waals surface area contributed by atoms with Gasteiger partial charge < -0.3 is 19.3 Å². The van der Waals surface area contributed by atoms with Crippen LogP contribution in [-0.2, 0) is 14.2 Å². The lowest BCUT2D eigenvalue weighted by Gasteiger charge is -2.32. The second-order valence-corrected chi connectivity index (χ2v) is 4.44. The Balaban J connectivity index is 1.74. The SMILES string of the molecule is OC1COC2OC3(CCCCC3)OC12. The molecule has 1 spiro atoms. The number of ether oxygens (including phenoxy) is 3. The summed E-state index contributed by atoms with van der Waals surface area (Å²) >= 11 is 0. The van der Waals surface area contributed by atoms with E-state index in [1.54, 1.807) is 0 Å². The van der Waals surface area contributed by atoms with E-state index >= 15 is 0 Å². The molecule has 0 amide bonds. The minimum atomic E-state index is -0.513. The van der Waals surface area contributed by atoms with Gasteiger partial charge in [-0.15, -0.1) is 0 Å². The molecule has 3 atom stereocenters. The van der Waals surface area contributed by atoms with E-state index in [4.69, 9.17) is 14.2 Å². The summed E-state index contributed by atoms with van der Waals surface area (Å²) in [6.07, 6.45) is 4.34. The summed E-state index contributed by atoms with van der Waals surface area (Å²) in [5.41, 5.74) is 0. The summed E-state index contributed by atoms with van der Waals surface area (Å²) in [5, 5.41) is 9.58. The Bertz CT molecular complexity index is 224. The van der Waals surface area contributed by atoms with Crippen molar-refractivity contribution in [3.8, 4) is 0 Å². The molecule has 3 aliphatic rings. The topological polar surface area (TPSA) is 47.9 Å². The highest BCUT2D eigenvalue weighted by Crippen LogP contribution is 2.43. The van der Waals surface area contributed by atoms with Crippen molar-refractivity contribution in [2.24, 2.45) is 0 Å². The second kappa shape index (κ2) is 3.17. The predicted octanol–water partition coefficient (Wildman–Crippen LogP) is 0.779. The first-order valence-electron chi connectivity index (χ1n) is 5.44. The van der Waals surface area contributed by atoms with E-state index in [9.17, 15) is 5.11 Å². The van der Waals surface area contributed by atoms with Crippen molar-refractivity contribution in [2.45, 2.75) is 56.4 Å². The minimum Gasteiger partial charge on any atom is -0.388 e. The predicted molar refractivity (Wildman–Crippen MR) is 47.5 cm³/mol. The van der Waals surface area contributed by atoms with Gasteiger partial charge in [0.25, 0.3) is 0 Å². The molecule has 0 aromatic heterocycles. The molecule has 4 heteroatoms. The second-order valence-electron chi connectivity index (χ2n) is 4.44. The lowest BCUT2D eigenvalue weighted by Crippen LogP contribution is -2.36. The Hall–Kier alpha value is -0.160. The van der Waals surface area contributed by atoms with Crippen LogP contribution >= 0.6 is 0 Å². The van der Waals surface area contributed by atoms with Gasteiger partial charge in [-0.05, 0) is 12.8 Å². The first kappa shape index (κ1) is 9.09. The van der Waals surface area contributed by atoms with Crippen molar-refractivity contribution >= 4 is 0 Å². The molecule has 2 heterocycles. The van der Waals surface area contributed by atoms with Gasteiger partial charge in [-0.1, -0.05) is 6.42 Å².